The Kier molecular flexibility index (Phi) is 4.40. The molecule has 0 unspecified atom stereocenters. The summed E-state index contributed by atoms with van der Waals surface area (Å²) in [5, 5.41) is 16.2. The normalized spacial score (nSPS) is 15.7. The van der Waals surface area contributed by atoms with E-state index in [9.17, 15) is 19.5 Å². The Bertz CT molecular complexity index is 940. The van der Waals surface area contributed by atoms with Crippen LogP contribution in [0.15, 0.2) is 36.6 Å². The van der Waals surface area contributed by atoms with Gasteiger partial charge in [0.1, 0.15) is 12.7 Å². The number of hydrogen-bond donors (Lipinski definition) is 2. The van der Waals surface area contributed by atoms with Crippen LogP contribution in [0, 0.1) is 6.92 Å². The summed E-state index contributed by atoms with van der Waals surface area (Å²) in [4.78, 5) is 39.5. The van der Waals surface area contributed by atoms with Gasteiger partial charge in [-0.1, -0.05) is 0 Å². The number of aryl methyl sites for hydroxylation is 1. The third-order valence-electron chi connectivity index (χ3n) is 3.71. The van der Waals surface area contributed by atoms with Crippen LogP contribution in [0.2, 0.25) is 0 Å². The van der Waals surface area contributed by atoms with E-state index in [-0.39, 0.29) is 16.8 Å². The summed E-state index contributed by atoms with van der Waals surface area (Å²) in [5.41, 5.74) is 0.818. The summed E-state index contributed by atoms with van der Waals surface area (Å²) < 4.78 is 11.4. The first-order valence-electron chi connectivity index (χ1n) is 7.84. The van der Waals surface area contributed by atoms with Gasteiger partial charge in [-0.2, -0.15) is 5.10 Å². The molecule has 0 bridgehead atoms. The molecule has 0 radical (unpaired) electrons. The quantitative estimate of drug-likeness (QED) is 0.464. The first kappa shape index (κ1) is 18.1. The van der Waals surface area contributed by atoms with Gasteiger partial charge in [0.05, 0.1) is 16.9 Å². The lowest BCUT2D eigenvalue weighted by atomic mass is 10.1. The van der Waals surface area contributed by atoms with Gasteiger partial charge >= 0.3 is 17.9 Å². The Morgan fingerprint density at radius 3 is 2.48 bits per heavy atom. The number of nitrogens with one attached hydrogen (secondary N) is 1. The molecule has 10 heteroatoms. The van der Waals surface area contributed by atoms with Gasteiger partial charge in [0.2, 0.25) is 0 Å². The summed E-state index contributed by atoms with van der Waals surface area (Å²) in [5.74, 6) is -4.28. The van der Waals surface area contributed by atoms with Crippen molar-refractivity contribution in [2.45, 2.75) is 26.6 Å². The third-order valence-corrected chi connectivity index (χ3v) is 3.71. The SMILES string of the molecule is Cc1cc(-n2cncn2)cc(C(=O)O)c1NC=C1C(=O)OC(C)(C)OC1=O. The molecule has 10 nitrogen and oxygen atoms in total. The highest BCUT2D eigenvalue weighted by Crippen LogP contribution is 2.27. The van der Waals surface area contributed by atoms with E-state index in [1.165, 1.54) is 37.3 Å². The van der Waals surface area contributed by atoms with E-state index in [4.69, 9.17) is 9.47 Å². The largest absolute Gasteiger partial charge is 0.478 e. The van der Waals surface area contributed by atoms with Crippen molar-refractivity contribution in [3.63, 3.8) is 0 Å². The van der Waals surface area contributed by atoms with Crippen molar-refractivity contribution in [3.8, 4) is 5.69 Å². The van der Waals surface area contributed by atoms with E-state index >= 15 is 0 Å². The molecule has 1 saturated heterocycles. The van der Waals surface area contributed by atoms with Gasteiger partial charge in [-0.3, -0.25) is 0 Å². The summed E-state index contributed by atoms with van der Waals surface area (Å²) in [7, 11) is 0. The lowest BCUT2D eigenvalue weighted by molar-refractivity contribution is -0.222. The molecule has 0 aliphatic carbocycles. The fourth-order valence-electron chi connectivity index (χ4n) is 2.53. The van der Waals surface area contributed by atoms with Gasteiger partial charge < -0.3 is 19.9 Å². The summed E-state index contributed by atoms with van der Waals surface area (Å²) in [6, 6.07) is 3.08. The Labute approximate surface area is 153 Å². The van der Waals surface area contributed by atoms with Crippen LogP contribution in [0.3, 0.4) is 0 Å². The third kappa shape index (κ3) is 3.64. The molecule has 0 atom stereocenters. The highest BCUT2D eigenvalue weighted by atomic mass is 16.7. The topological polar surface area (TPSA) is 133 Å². The maximum absolute atomic E-state index is 12.0. The number of anilines is 1. The van der Waals surface area contributed by atoms with Gasteiger partial charge in [0, 0.05) is 20.0 Å². The highest BCUT2D eigenvalue weighted by Gasteiger charge is 2.39. The number of ether oxygens (including phenoxy) is 2. The molecule has 27 heavy (non-hydrogen) atoms. The second-order valence-electron chi connectivity index (χ2n) is 6.21. The van der Waals surface area contributed by atoms with Gasteiger partial charge in [-0.15, -0.1) is 0 Å². The number of cyclic esters (lactones) is 2. The summed E-state index contributed by atoms with van der Waals surface area (Å²) >= 11 is 0. The van der Waals surface area contributed by atoms with Crippen LogP contribution < -0.4 is 5.32 Å². The van der Waals surface area contributed by atoms with E-state index in [0.29, 0.717) is 11.3 Å². The van der Waals surface area contributed by atoms with Crippen molar-refractivity contribution in [1.82, 2.24) is 14.8 Å². The average Bonchev–Trinajstić information content (AvgIpc) is 3.08. The van der Waals surface area contributed by atoms with E-state index in [1.54, 1.807) is 13.0 Å². The van der Waals surface area contributed by atoms with E-state index < -0.39 is 23.7 Å². The fraction of sp³-hybridized carbons (Fsp3) is 0.235. The lowest BCUT2D eigenvalue weighted by Gasteiger charge is -2.29. The first-order valence-corrected chi connectivity index (χ1v) is 7.84. The molecule has 140 valence electrons. The number of aromatic nitrogens is 3. The Morgan fingerprint density at radius 1 is 1.26 bits per heavy atom. The minimum Gasteiger partial charge on any atom is -0.478 e. The zero-order valence-electron chi connectivity index (χ0n) is 14.7. The summed E-state index contributed by atoms with van der Waals surface area (Å²) in [6.07, 6.45) is 3.84. The number of carboxylic acid groups (broad SMARTS) is 1. The van der Waals surface area contributed by atoms with Gasteiger partial charge in [-0.05, 0) is 24.6 Å². The molecule has 1 aromatic carbocycles. The molecular formula is C17H16N4O6. The predicted molar refractivity (Wildman–Crippen MR) is 91.0 cm³/mol. The van der Waals surface area contributed by atoms with Crippen molar-refractivity contribution in [2.75, 3.05) is 5.32 Å². The molecule has 2 N–H and O–H groups in total. The predicted octanol–water partition coefficient (Wildman–Crippen LogP) is 1.41. The van der Waals surface area contributed by atoms with E-state index in [1.807, 2.05) is 0 Å². The second kappa shape index (κ2) is 6.56. The monoisotopic (exact) mass is 372 g/mol. The van der Waals surface area contributed by atoms with Crippen LogP contribution in [0.4, 0.5) is 5.69 Å². The van der Waals surface area contributed by atoms with Crippen LogP contribution >= 0.6 is 0 Å². The zero-order chi connectivity index (χ0) is 19.8. The molecule has 1 aliphatic heterocycles. The van der Waals surface area contributed by atoms with E-state index in [0.717, 1.165) is 6.20 Å². The molecule has 1 aromatic heterocycles. The van der Waals surface area contributed by atoms with Crippen LogP contribution in [0.1, 0.15) is 29.8 Å². The molecule has 0 saturated carbocycles. The average molecular weight is 372 g/mol. The number of nitrogens with zero attached hydrogens (tertiary/aromatic N) is 3. The van der Waals surface area contributed by atoms with Crippen LogP contribution in [0.5, 0.6) is 0 Å². The van der Waals surface area contributed by atoms with Gasteiger partial charge in [0.25, 0.3) is 5.79 Å². The van der Waals surface area contributed by atoms with Crippen molar-refractivity contribution in [2.24, 2.45) is 0 Å². The number of rotatable bonds is 4. The van der Waals surface area contributed by atoms with Crippen molar-refractivity contribution in [3.05, 3.63) is 47.7 Å². The van der Waals surface area contributed by atoms with Crippen molar-refractivity contribution in [1.29, 1.82) is 0 Å². The number of aromatic carboxylic acids is 1. The minimum atomic E-state index is -1.35. The highest BCUT2D eigenvalue weighted by molar-refractivity contribution is 6.15. The number of esters is 2. The van der Waals surface area contributed by atoms with Crippen LogP contribution in [-0.2, 0) is 19.1 Å². The van der Waals surface area contributed by atoms with Crippen LogP contribution in [0.25, 0.3) is 5.69 Å². The molecule has 2 heterocycles. The first-order chi connectivity index (χ1) is 12.7. The molecule has 1 fully saturated rings. The van der Waals surface area contributed by atoms with Gasteiger partial charge in [0.15, 0.2) is 5.57 Å². The number of carboxylic acids is 1. The van der Waals surface area contributed by atoms with E-state index in [2.05, 4.69) is 15.4 Å². The van der Waals surface area contributed by atoms with Crippen molar-refractivity contribution >= 4 is 23.6 Å². The smallest absolute Gasteiger partial charge is 0.350 e. The number of carbonyl (C=O) groups excluding carboxylic acids is 2. The molecule has 1 aliphatic rings. The standard InChI is InChI=1S/C17H16N4O6/c1-9-4-10(21-8-18-7-20-21)5-11(14(22)23)13(9)19-6-12-15(24)26-17(2,3)27-16(12)25/h4-8,19H,1-3H3,(H,22,23). The molecule has 3 rings (SSSR count). The van der Waals surface area contributed by atoms with Gasteiger partial charge in [-0.25, -0.2) is 24.0 Å². The fourth-order valence-corrected chi connectivity index (χ4v) is 2.53. The molecular weight excluding hydrogens is 356 g/mol. The number of benzene rings is 1. The lowest BCUT2D eigenvalue weighted by Crippen LogP contribution is -2.42. The molecule has 2 aromatic rings. The Hall–Kier alpha value is -3.69. The second-order valence-corrected chi connectivity index (χ2v) is 6.21. The van der Waals surface area contributed by atoms with Crippen LogP contribution in [-0.4, -0.2) is 43.6 Å². The molecule has 0 amide bonds. The Balaban J connectivity index is 1.96. The number of carbonyl (C=O) groups is 3. The maximum Gasteiger partial charge on any atom is 0.350 e. The summed E-state index contributed by atoms with van der Waals surface area (Å²) in [6.45, 7) is 4.54. The number of hydrogen-bond acceptors (Lipinski definition) is 8. The Morgan fingerprint density at radius 2 is 1.93 bits per heavy atom. The molecule has 0 spiro atoms. The minimum absolute atomic E-state index is 0.0739. The maximum atomic E-state index is 12.0. The van der Waals surface area contributed by atoms with Crippen molar-refractivity contribution < 1.29 is 29.0 Å². The zero-order valence-corrected chi connectivity index (χ0v) is 14.7.